The van der Waals surface area contributed by atoms with Crippen LogP contribution in [0.1, 0.15) is 18.2 Å². The van der Waals surface area contributed by atoms with E-state index in [4.69, 9.17) is 21.1 Å². The minimum Gasteiger partial charge on any atom is -0.494 e. The van der Waals surface area contributed by atoms with Crippen LogP contribution in [0.3, 0.4) is 0 Å². The second kappa shape index (κ2) is 10.9. The van der Waals surface area contributed by atoms with E-state index in [1.807, 2.05) is 48.7 Å². The first-order valence-electron chi connectivity index (χ1n) is 9.75. The maximum absolute atomic E-state index is 12.9. The Kier molecular flexibility index (Phi) is 8.03. The van der Waals surface area contributed by atoms with Gasteiger partial charge in [-0.25, -0.2) is 4.98 Å². The number of aromatic nitrogens is 1. The Hall–Kier alpha value is -2.90. The molecule has 1 aromatic heterocycles. The summed E-state index contributed by atoms with van der Waals surface area (Å²) in [5, 5.41) is 3.30. The molecule has 0 radical (unpaired) electrons. The molecule has 0 aliphatic heterocycles. The fourth-order valence-corrected chi connectivity index (χ4v) is 3.86. The van der Waals surface area contributed by atoms with Crippen molar-refractivity contribution in [1.29, 1.82) is 0 Å². The lowest BCUT2D eigenvalue weighted by atomic mass is 10.2. The van der Waals surface area contributed by atoms with Gasteiger partial charge in [0, 0.05) is 22.5 Å². The number of carbonyl (C=O) groups excluding carboxylic acids is 2. The van der Waals surface area contributed by atoms with E-state index < -0.39 is 5.97 Å². The van der Waals surface area contributed by atoms with Gasteiger partial charge in [0.05, 0.1) is 25.8 Å². The molecule has 0 N–H and O–H groups in total. The second-order valence-corrected chi connectivity index (χ2v) is 8.03. The summed E-state index contributed by atoms with van der Waals surface area (Å²) in [6.07, 6.45) is 0.0954. The van der Waals surface area contributed by atoms with E-state index >= 15 is 0 Å². The van der Waals surface area contributed by atoms with E-state index in [1.165, 1.54) is 23.3 Å². The highest BCUT2D eigenvalue weighted by Gasteiger charge is 2.20. The van der Waals surface area contributed by atoms with Gasteiger partial charge in [0.1, 0.15) is 17.3 Å². The van der Waals surface area contributed by atoms with E-state index in [-0.39, 0.29) is 25.4 Å². The maximum atomic E-state index is 12.9. The van der Waals surface area contributed by atoms with Crippen molar-refractivity contribution >= 4 is 34.8 Å². The zero-order valence-electron chi connectivity index (χ0n) is 17.3. The van der Waals surface area contributed by atoms with Gasteiger partial charge in [0.25, 0.3) is 0 Å². The van der Waals surface area contributed by atoms with Gasteiger partial charge in [-0.3, -0.25) is 9.59 Å². The summed E-state index contributed by atoms with van der Waals surface area (Å²) < 4.78 is 10.2. The number of thiazole rings is 1. The van der Waals surface area contributed by atoms with E-state index in [1.54, 1.807) is 12.1 Å². The molecule has 1 amide bonds. The van der Waals surface area contributed by atoms with Gasteiger partial charge in [-0.15, -0.1) is 11.3 Å². The molecular formula is C23H23ClN2O4S. The molecule has 162 valence electrons. The van der Waals surface area contributed by atoms with Crippen LogP contribution in [0.4, 0.5) is 0 Å². The van der Waals surface area contributed by atoms with Gasteiger partial charge < -0.3 is 14.4 Å². The summed E-state index contributed by atoms with van der Waals surface area (Å²) in [6, 6.07) is 14.8. The Morgan fingerprint density at radius 1 is 1.10 bits per heavy atom. The first-order valence-corrected chi connectivity index (χ1v) is 11.0. The average molecular weight is 459 g/mol. The molecule has 0 saturated carbocycles. The second-order valence-electron chi connectivity index (χ2n) is 6.73. The number of nitrogens with zero attached hydrogens (tertiary/aromatic N) is 2. The minimum absolute atomic E-state index is 0.0954. The number of esters is 1. The Morgan fingerprint density at radius 3 is 2.45 bits per heavy atom. The minimum atomic E-state index is -0.476. The molecule has 0 atom stereocenters. The highest BCUT2D eigenvalue weighted by molar-refractivity contribution is 7.13. The number of rotatable bonds is 9. The lowest BCUT2D eigenvalue weighted by Gasteiger charge is -2.21. The van der Waals surface area contributed by atoms with Crippen molar-refractivity contribution < 1.29 is 19.1 Å². The van der Waals surface area contributed by atoms with Crippen molar-refractivity contribution in [2.24, 2.45) is 0 Å². The van der Waals surface area contributed by atoms with Crippen LogP contribution in [0.15, 0.2) is 53.9 Å². The maximum Gasteiger partial charge on any atom is 0.325 e. The summed E-state index contributed by atoms with van der Waals surface area (Å²) in [5.41, 5.74) is 2.49. The van der Waals surface area contributed by atoms with E-state index in [0.29, 0.717) is 17.3 Å². The van der Waals surface area contributed by atoms with E-state index in [2.05, 4.69) is 4.98 Å². The van der Waals surface area contributed by atoms with Crippen molar-refractivity contribution in [2.45, 2.75) is 19.9 Å². The van der Waals surface area contributed by atoms with Crippen LogP contribution >= 0.6 is 22.9 Å². The standard InChI is InChI=1S/C23H23ClN2O4S/c1-3-30-20-10-6-17(7-11-20)23-25-19(15-31-23)12-21(27)26(14-22(28)29-2)13-16-4-8-18(24)9-5-16/h4-11,15H,3,12-14H2,1-2H3. The highest BCUT2D eigenvalue weighted by atomic mass is 35.5. The SMILES string of the molecule is CCOc1ccc(-c2nc(CC(=O)N(CC(=O)OC)Cc3ccc(Cl)cc3)cs2)cc1. The number of amides is 1. The number of hydrogen-bond acceptors (Lipinski definition) is 6. The molecule has 3 rings (SSSR count). The molecule has 3 aromatic rings. The summed E-state index contributed by atoms with van der Waals surface area (Å²) in [5.74, 6) is 0.124. The van der Waals surface area contributed by atoms with Crippen LogP contribution < -0.4 is 4.74 Å². The Morgan fingerprint density at radius 2 is 1.81 bits per heavy atom. The molecule has 1 heterocycles. The molecule has 2 aromatic carbocycles. The number of methoxy groups -OCH3 is 1. The molecule has 0 unspecified atom stereocenters. The van der Waals surface area contributed by atoms with E-state index in [0.717, 1.165) is 21.9 Å². The quantitative estimate of drug-likeness (QED) is 0.438. The van der Waals surface area contributed by atoms with Crippen LogP contribution in [-0.2, 0) is 27.3 Å². The molecular weight excluding hydrogens is 436 g/mol. The van der Waals surface area contributed by atoms with Gasteiger partial charge in [0.15, 0.2) is 0 Å². The first kappa shape index (κ1) is 22.8. The average Bonchev–Trinajstić information content (AvgIpc) is 3.23. The number of halogens is 1. The third kappa shape index (κ3) is 6.54. The van der Waals surface area contributed by atoms with Gasteiger partial charge >= 0.3 is 5.97 Å². The van der Waals surface area contributed by atoms with E-state index in [9.17, 15) is 9.59 Å². The van der Waals surface area contributed by atoms with Crippen LogP contribution in [-0.4, -0.2) is 42.0 Å². The number of carbonyl (C=O) groups is 2. The predicted octanol–water partition coefficient (Wildman–Crippen LogP) is 4.61. The van der Waals surface area contributed by atoms with Crippen LogP contribution in [0.2, 0.25) is 5.02 Å². The Labute approximate surface area is 190 Å². The molecule has 0 saturated heterocycles. The van der Waals surface area contributed by atoms with Crippen LogP contribution in [0, 0.1) is 0 Å². The third-order valence-electron chi connectivity index (χ3n) is 4.48. The van der Waals surface area contributed by atoms with Crippen molar-refractivity contribution in [3.05, 3.63) is 70.2 Å². The fourth-order valence-electron chi connectivity index (χ4n) is 2.91. The largest absolute Gasteiger partial charge is 0.494 e. The Balaban J connectivity index is 1.70. The number of ether oxygens (including phenoxy) is 2. The van der Waals surface area contributed by atoms with Gasteiger partial charge in [0.2, 0.25) is 5.91 Å². The van der Waals surface area contributed by atoms with Crippen molar-refractivity contribution in [2.75, 3.05) is 20.3 Å². The van der Waals surface area contributed by atoms with Crippen LogP contribution in [0.5, 0.6) is 5.75 Å². The molecule has 6 nitrogen and oxygen atoms in total. The Bertz CT molecular complexity index is 1020. The highest BCUT2D eigenvalue weighted by Crippen LogP contribution is 2.26. The summed E-state index contributed by atoms with van der Waals surface area (Å²) in [6.45, 7) is 2.70. The molecule has 0 fully saturated rings. The molecule has 0 aliphatic rings. The molecule has 31 heavy (non-hydrogen) atoms. The lowest BCUT2D eigenvalue weighted by molar-refractivity contribution is -0.147. The zero-order valence-corrected chi connectivity index (χ0v) is 18.9. The molecule has 0 aliphatic carbocycles. The van der Waals surface area contributed by atoms with Gasteiger partial charge in [-0.2, -0.15) is 0 Å². The normalized spacial score (nSPS) is 10.5. The molecule has 0 bridgehead atoms. The monoisotopic (exact) mass is 458 g/mol. The van der Waals surface area contributed by atoms with Crippen molar-refractivity contribution in [1.82, 2.24) is 9.88 Å². The summed E-state index contributed by atoms with van der Waals surface area (Å²) >= 11 is 7.40. The van der Waals surface area contributed by atoms with Gasteiger partial charge in [-0.05, 0) is 48.9 Å². The smallest absolute Gasteiger partial charge is 0.325 e. The summed E-state index contributed by atoms with van der Waals surface area (Å²) in [7, 11) is 1.30. The van der Waals surface area contributed by atoms with Crippen LogP contribution in [0.25, 0.3) is 10.6 Å². The zero-order chi connectivity index (χ0) is 22.2. The first-order chi connectivity index (χ1) is 15.0. The van der Waals surface area contributed by atoms with Crippen molar-refractivity contribution in [3.8, 4) is 16.3 Å². The fraction of sp³-hybridized carbons (Fsp3) is 0.261. The predicted molar refractivity (Wildman–Crippen MR) is 121 cm³/mol. The van der Waals surface area contributed by atoms with Crippen molar-refractivity contribution in [3.63, 3.8) is 0 Å². The lowest BCUT2D eigenvalue weighted by Crippen LogP contribution is -2.36. The number of hydrogen-bond donors (Lipinski definition) is 0. The molecule has 8 heteroatoms. The van der Waals surface area contributed by atoms with Gasteiger partial charge in [-0.1, -0.05) is 23.7 Å². The topological polar surface area (TPSA) is 68.7 Å². The number of benzene rings is 2. The summed E-state index contributed by atoms with van der Waals surface area (Å²) in [4.78, 5) is 30.8. The molecule has 0 spiro atoms. The third-order valence-corrected chi connectivity index (χ3v) is 5.68.